The second-order valence-electron chi connectivity index (χ2n) is 5.10. The van der Waals surface area contributed by atoms with Crippen molar-refractivity contribution >= 4 is 29.1 Å². The quantitative estimate of drug-likeness (QED) is 0.629. The van der Waals surface area contributed by atoms with E-state index in [-0.39, 0.29) is 17.5 Å². The molecule has 0 aromatic heterocycles. The molecular weight excluding hydrogens is 334 g/mol. The smallest absolute Gasteiger partial charge is 0.270 e. The molecule has 0 N–H and O–H groups in total. The zero-order chi connectivity index (χ0) is 17.3. The first kappa shape index (κ1) is 15.9. The number of halogens is 1. The summed E-state index contributed by atoms with van der Waals surface area (Å²) in [6.45, 7) is 1.37. The number of hydrogen-bond donors (Lipinski definition) is 0. The average molecular weight is 346 g/mol. The molecule has 0 saturated carbocycles. The standard InChI is InChI=1S/C16H12ClN3O4/c1-10(21)19-16(11-5-7-13(17)8-6-11)24-15(18-19)12-3-2-4-14(9-12)20(22)23/h2-9,16H,1H3/t16-/m1/s1. The van der Waals surface area contributed by atoms with Crippen LogP contribution in [0.1, 0.15) is 24.3 Å². The van der Waals surface area contributed by atoms with Gasteiger partial charge in [0, 0.05) is 35.2 Å². The fraction of sp³-hybridized carbons (Fsp3) is 0.125. The minimum atomic E-state index is -0.742. The van der Waals surface area contributed by atoms with Gasteiger partial charge >= 0.3 is 0 Å². The van der Waals surface area contributed by atoms with E-state index in [1.165, 1.54) is 30.1 Å². The molecule has 0 unspecified atom stereocenters. The number of nitrogens with zero attached hydrogens (tertiary/aromatic N) is 3. The number of non-ortho nitro benzene ring substituents is 1. The SMILES string of the molecule is CC(=O)N1N=C(c2cccc([N+](=O)[O-])c2)O[C@@H]1c1ccc(Cl)cc1. The lowest BCUT2D eigenvalue weighted by Gasteiger charge is -2.19. The van der Waals surface area contributed by atoms with Crippen LogP contribution in [0, 0.1) is 10.1 Å². The fourth-order valence-electron chi connectivity index (χ4n) is 2.28. The van der Waals surface area contributed by atoms with Crippen molar-refractivity contribution < 1.29 is 14.5 Å². The zero-order valence-corrected chi connectivity index (χ0v) is 13.3. The lowest BCUT2D eigenvalue weighted by atomic mass is 10.2. The minimum Gasteiger partial charge on any atom is -0.446 e. The highest BCUT2D eigenvalue weighted by atomic mass is 35.5. The summed E-state index contributed by atoms with van der Waals surface area (Å²) in [5.74, 6) is -0.163. The van der Waals surface area contributed by atoms with Crippen molar-refractivity contribution in [3.8, 4) is 0 Å². The Morgan fingerprint density at radius 1 is 1.29 bits per heavy atom. The van der Waals surface area contributed by atoms with Crippen LogP contribution in [0.3, 0.4) is 0 Å². The number of rotatable bonds is 3. The number of carbonyl (C=O) groups excluding carboxylic acids is 1. The molecule has 2 aromatic carbocycles. The maximum absolute atomic E-state index is 11.9. The predicted octanol–water partition coefficient (Wildman–Crippen LogP) is 3.49. The number of ether oxygens (including phenoxy) is 1. The van der Waals surface area contributed by atoms with E-state index >= 15 is 0 Å². The van der Waals surface area contributed by atoms with Crippen LogP contribution in [0.2, 0.25) is 5.02 Å². The maximum Gasteiger partial charge on any atom is 0.270 e. The molecule has 0 bridgehead atoms. The van der Waals surface area contributed by atoms with E-state index in [4.69, 9.17) is 16.3 Å². The van der Waals surface area contributed by atoms with Gasteiger partial charge < -0.3 is 4.74 Å². The third-order valence-electron chi connectivity index (χ3n) is 3.43. The van der Waals surface area contributed by atoms with Gasteiger partial charge in [-0.25, -0.2) is 0 Å². The zero-order valence-electron chi connectivity index (χ0n) is 12.5. The molecule has 1 atom stereocenters. The van der Waals surface area contributed by atoms with Gasteiger partial charge in [-0.2, -0.15) is 5.01 Å². The molecule has 3 rings (SSSR count). The Hall–Kier alpha value is -2.93. The number of nitro groups is 1. The summed E-state index contributed by atoms with van der Waals surface area (Å²) >= 11 is 5.88. The normalized spacial score (nSPS) is 16.5. The third kappa shape index (κ3) is 3.07. The Labute approximate surface area is 142 Å². The van der Waals surface area contributed by atoms with Gasteiger partial charge in [0.05, 0.1) is 4.92 Å². The van der Waals surface area contributed by atoms with Gasteiger partial charge in [0.15, 0.2) is 0 Å². The predicted molar refractivity (Wildman–Crippen MR) is 87.4 cm³/mol. The summed E-state index contributed by atoms with van der Waals surface area (Å²) in [4.78, 5) is 22.3. The summed E-state index contributed by atoms with van der Waals surface area (Å²) in [5, 5.41) is 16.8. The average Bonchev–Trinajstić information content (AvgIpc) is 3.01. The molecule has 0 spiro atoms. The molecule has 24 heavy (non-hydrogen) atoms. The number of carbonyl (C=O) groups is 1. The fourth-order valence-corrected chi connectivity index (χ4v) is 2.41. The molecule has 0 radical (unpaired) electrons. The van der Waals surface area contributed by atoms with E-state index in [9.17, 15) is 14.9 Å². The molecule has 1 amide bonds. The van der Waals surface area contributed by atoms with Gasteiger partial charge in [0.1, 0.15) is 0 Å². The van der Waals surface area contributed by atoms with Gasteiger partial charge in [0.2, 0.25) is 18.0 Å². The van der Waals surface area contributed by atoms with E-state index < -0.39 is 11.2 Å². The Bertz CT molecular complexity index is 835. The van der Waals surface area contributed by atoms with Crippen molar-refractivity contribution in [1.82, 2.24) is 5.01 Å². The minimum absolute atomic E-state index is 0.0804. The van der Waals surface area contributed by atoms with Crippen LogP contribution in [-0.4, -0.2) is 21.7 Å². The molecule has 1 aliphatic heterocycles. The summed E-state index contributed by atoms with van der Waals surface area (Å²) < 4.78 is 5.77. The molecule has 122 valence electrons. The third-order valence-corrected chi connectivity index (χ3v) is 3.68. The molecule has 2 aromatic rings. The first-order valence-corrected chi connectivity index (χ1v) is 7.39. The Balaban J connectivity index is 1.95. The largest absolute Gasteiger partial charge is 0.446 e. The molecule has 0 aliphatic carbocycles. The molecule has 0 saturated heterocycles. The number of hydrogen-bond acceptors (Lipinski definition) is 5. The van der Waals surface area contributed by atoms with Crippen LogP contribution in [0.15, 0.2) is 53.6 Å². The summed E-state index contributed by atoms with van der Waals surface area (Å²) in [6, 6.07) is 12.7. The summed E-state index contributed by atoms with van der Waals surface area (Å²) in [6.07, 6.45) is -0.742. The molecule has 7 nitrogen and oxygen atoms in total. The van der Waals surface area contributed by atoms with Crippen molar-refractivity contribution in [1.29, 1.82) is 0 Å². The Kier molecular flexibility index (Phi) is 4.18. The molecule has 8 heteroatoms. The van der Waals surface area contributed by atoms with Crippen LogP contribution in [0.5, 0.6) is 0 Å². The van der Waals surface area contributed by atoms with E-state index in [0.717, 1.165) is 0 Å². The monoisotopic (exact) mass is 345 g/mol. The highest BCUT2D eigenvalue weighted by Crippen LogP contribution is 2.31. The topological polar surface area (TPSA) is 85.0 Å². The Morgan fingerprint density at radius 3 is 2.62 bits per heavy atom. The van der Waals surface area contributed by atoms with Gasteiger partial charge in [-0.05, 0) is 18.2 Å². The Morgan fingerprint density at radius 2 is 2.00 bits per heavy atom. The molecule has 0 fully saturated rings. The number of amides is 1. The van der Waals surface area contributed by atoms with E-state index in [1.54, 1.807) is 30.3 Å². The van der Waals surface area contributed by atoms with Crippen molar-refractivity contribution in [2.75, 3.05) is 0 Å². The van der Waals surface area contributed by atoms with Crippen molar-refractivity contribution in [2.45, 2.75) is 13.2 Å². The first-order valence-electron chi connectivity index (χ1n) is 7.01. The number of hydrazone groups is 1. The maximum atomic E-state index is 11.9. The molecule has 1 heterocycles. The molecular formula is C16H12ClN3O4. The van der Waals surface area contributed by atoms with Crippen molar-refractivity contribution in [2.24, 2.45) is 5.10 Å². The van der Waals surface area contributed by atoms with Gasteiger partial charge in [-0.3, -0.25) is 14.9 Å². The van der Waals surface area contributed by atoms with Crippen LogP contribution in [-0.2, 0) is 9.53 Å². The highest BCUT2D eigenvalue weighted by molar-refractivity contribution is 6.30. The lowest BCUT2D eigenvalue weighted by molar-refractivity contribution is -0.384. The number of nitro benzene ring substituents is 1. The summed E-state index contributed by atoms with van der Waals surface area (Å²) in [5.41, 5.74) is 1.04. The van der Waals surface area contributed by atoms with Gasteiger partial charge in [-0.15, -0.1) is 5.10 Å². The van der Waals surface area contributed by atoms with E-state index in [1.807, 2.05) is 0 Å². The number of benzene rings is 2. The molecule has 1 aliphatic rings. The highest BCUT2D eigenvalue weighted by Gasteiger charge is 2.33. The van der Waals surface area contributed by atoms with E-state index in [0.29, 0.717) is 16.1 Å². The van der Waals surface area contributed by atoms with Gasteiger partial charge in [0.25, 0.3) is 5.69 Å². The van der Waals surface area contributed by atoms with E-state index in [2.05, 4.69) is 5.10 Å². The first-order chi connectivity index (χ1) is 11.5. The van der Waals surface area contributed by atoms with Crippen molar-refractivity contribution in [3.63, 3.8) is 0 Å². The second kappa shape index (κ2) is 6.29. The second-order valence-corrected chi connectivity index (χ2v) is 5.53. The van der Waals surface area contributed by atoms with Crippen LogP contribution in [0.25, 0.3) is 0 Å². The van der Waals surface area contributed by atoms with Crippen LogP contribution in [0.4, 0.5) is 5.69 Å². The van der Waals surface area contributed by atoms with Crippen LogP contribution < -0.4 is 0 Å². The van der Waals surface area contributed by atoms with Gasteiger partial charge in [-0.1, -0.05) is 29.8 Å². The van der Waals surface area contributed by atoms with Crippen molar-refractivity contribution in [3.05, 3.63) is 74.8 Å². The summed E-state index contributed by atoms with van der Waals surface area (Å²) in [7, 11) is 0. The van der Waals surface area contributed by atoms with Crippen LogP contribution >= 0.6 is 11.6 Å². The lowest BCUT2D eigenvalue weighted by Crippen LogP contribution is -2.25.